The Bertz CT molecular complexity index is 498. The first-order valence-electron chi connectivity index (χ1n) is 5.42. The molecule has 0 aromatic carbocycles. The number of hydrogen-bond acceptors (Lipinski definition) is 3. The monoisotopic (exact) mass is 268 g/mol. The van der Waals surface area contributed by atoms with E-state index in [0.717, 1.165) is 0 Å². The van der Waals surface area contributed by atoms with Crippen LogP contribution in [0.1, 0.15) is 19.5 Å². The van der Waals surface area contributed by atoms with E-state index in [2.05, 4.69) is 16.5 Å². The van der Waals surface area contributed by atoms with Crippen molar-refractivity contribution in [3.8, 4) is 0 Å². The standard InChI is InChI=1S/C13H14ClFN2O/c1-4-12(18-5-2)10(6-9(3)15)11-7-13(14)17-8-16-11/h4,6-8H,3,5H2,1-2H3/b10-6-,12-4+. The van der Waals surface area contributed by atoms with E-state index in [-0.39, 0.29) is 5.15 Å². The Kier molecular flexibility index (Phi) is 5.52. The van der Waals surface area contributed by atoms with Crippen LogP contribution in [-0.4, -0.2) is 16.6 Å². The Balaban J connectivity index is 3.26. The van der Waals surface area contributed by atoms with Crippen molar-refractivity contribution in [1.82, 2.24) is 9.97 Å². The highest BCUT2D eigenvalue weighted by Crippen LogP contribution is 2.25. The number of allylic oxidation sites excluding steroid dienone is 4. The maximum Gasteiger partial charge on any atom is 0.133 e. The largest absolute Gasteiger partial charge is 0.494 e. The van der Waals surface area contributed by atoms with Gasteiger partial charge in [0.15, 0.2) is 0 Å². The minimum absolute atomic E-state index is 0.280. The number of aromatic nitrogens is 2. The zero-order chi connectivity index (χ0) is 13.5. The van der Waals surface area contributed by atoms with E-state index in [1.807, 2.05) is 6.92 Å². The Morgan fingerprint density at radius 2 is 2.28 bits per heavy atom. The number of nitrogens with zero attached hydrogens (tertiary/aromatic N) is 2. The lowest BCUT2D eigenvalue weighted by Gasteiger charge is -2.12. The van der Waals surface area contributed by atoms with Crippen molar-refractivity contribution < 1.29 is 9.13 Å². The zero-order valence-corrected chi connectivity index (χ0v) is 11.0. The number of rotatable bonds is 5. The van der Waals surface area contributed by atoms with Gasteiger partial charge in [0.25, 0.3) is 0 Å². The second-order valence-corrected chi connectivity index (χ2v) is 3.70. The minimum Gasteiger partial charge on any atom is -0.494 e. The molecule has 0 fully saturated rings. The number of hydrogen-bond donors (Lipinski definition) is 0. The maximum atomic E-state index is 13.0. The summed E-state index contributed by atoms with van der Waals surface area (Å²) in [6.07, 6.45) is 4.30. The molecule has 0 aliphatic carbocycles. The number of ether oxygens (including phenoxy) is 1. The summed E-state index contributed by atoms with van der Waals surface area (Å²) in [5.41, 5.74) is 0.964. The third-order valence-electron chi connectivity index (χ3n) is 2.04. The van der Waals surface area contributed by atoms with Crippen LogP contribution in [0.5, 0.6) is 0 Å². The highest BCUT2D eigenvalue weighted by Gasteiger charge is 2.11. The van der Waals surface area contributed by atoms with Gasteiger partial charge >= 0.3 is 0 Å². The predicted octanol–water partition coefficient (Wildman–Crippen LogP) is 3.94. The fourth-order valence-corrected chi connectivity index (χ4v) is 1.53. The van der Waals surface area contributed by atoms with Crippen LogP contribution in [-0.2, 0) is 4.74 Å². The lowest BCUT2D eigenvalue weighted by atomic mass is 10.1. The van der Waals surface area contributed by atoms with Gasteiger partial charge in [0.1, 0.15) is 23.1 Å². The van der Waals surface area contributed by atoms with Crippen LogP contribution in [0, 0.1) is 0 Å². The summed E-state index contributed by atoms with van der Waals surface area (Å²) in [6, 6.07) is 1.54. The van der Waals surface area contributed by atoms with Gasteiger partial charge in [-0.3, -0.25) is 0 Å². The smallest absolute Gasteiger partial charge is 0.133 e. The molecule has 3 nitrogen and oxygen atoms in total. The third-order valence-corrected chi connectivity index (χ3v) is 2.24. The van der Waals surface area contributed by atoms with Crippen molar-refractivity contribution in [2.45, 2.75) is 13.8 Å². The van der Waals surface area contributed by atoms with Gasteiger partial charge in [0.05, 0.1) is 12.3 Å². The van der Waals surface area contributed by atoms with Crippen LogP contribution in [0.25, 0.3) is 5.57 Å². The quantitative estimate of drug-likeness (QED) is 0.461. The Morgan fingerprint density at radius 3 is 2.78 bits per heavy atom. The van der Waals surface area contributed by atoms with Crippen LogP contribution in [0.4, 0.5) is 4.39 Å². The summed E-state index contributed by atoms with van der Waals surface area (Å²) < 4.78 is 18.5. The summed E-state index contributed by atoms with van der Waals surface area (Å²) in [6.45, 7) is 7.32. The molecule has 0 aliphatic heterocycles. The lowest BCUT2D eigenvalue weighted by Crippen LogP contribution is -1.99. The molecular weight excluding hydrogens is 255 g/mol. The molecule has 1 heterocycles. The van der Waals surface area contributed by atoms with Gasteiger partial charge in [-0.05, 0) is 26.0 Å². The molecule has 1 aromatic heterocycles. The van der Waals surface area contributed by atoms with E-state index in [9.17, 15) is 4.39 Å². The van der Waals surface area contributed by atoms with Crippen molar-refractivity contribution in [3.63, 3.8) is 0 Å². The van der Waals surface area contributed by atoms with E-state index in [4.69, 9.17) is 16.3 Å². The highest BCUT2D eigenvalue weighted by molar-refractivity contribution is 6.29. The molecule has 18 heavy (non-hydrogen) atoms. The maximum absolute atomic E-state index is 13.0. The lowest BCUT2D eigenvalue weighted by molar-refractivity contribution is 0.245. The predicted molar refractivity (Wildman–Crippen MR) is 70.7 cm³/mol. The summed E-state index contributed by atoms with van der Waals surface area (Å²) in [4.78, 5) is 7.83. The summed E-state index contributed by atoms with van der Waals surface area (Å²) in [7, 11) is 0. The van der Waals surface area contributed by atoms with Gasteiger partial charge in [-0.1, -0.05) is 18.2 Å². The van der Waals surface area contributed by atoms with Gasteiger partial charge in [0, 0.05) is 11.6 Å². The fraction of sp³-hybridized carbons (Fsp3) is 0.231. The van der Waals surface area contributed by atoms with E-state index < -0.39 is 5.83 Å². The fourth-order valence-electron chi connectivity index (χ4n) is 1.38. The SMILES string of the molecule is C=C(F)/C=C(\C(=C/C)OCC)c1cc(Cl)ncn1. The average molecular weight is 269 g/mol. The summed E-state index contributed by atoms with van der Waals surface area (Å²) >= 11 is 5.80. The first-order chi connectivity index (χ1) is 8.58. The minimum atomic E-state index is -0.584. The van der Waals surface area contributed by atoms with Gasteiger partial charge in [-0.15, -0.1) is 0 Å². The number of halogens is 2. The molecule has 1 rings (SSSR count). The van der Waals surface area contributed by atoms with Crippen LogP contribution in [0.2, 0.25) is 5.15 Å². The van der Waals surface area contributed by atoms with Crippen LogP contribution in [0.15, 0.2) is 42.7 Å². The molecule has 0 radical (unpaired) electrons. The third kappa shape index (κ3) is 3.96. The van der Waals surface area contributed by atoms with Crippen LogP contribution < -0.4 is 0 Å². The van der Waals surface area contributed by atoms with Gasteiger partial charge in [-0.2, -0.15) is 0 Å². The normalized spacial score (nSPS) is 12.4. The van der Waals surface area contributed by atoms with Crippen molar-refractivity contribution in [1.29, 1.82) is 0 Å². The van der Waals surface area contributed by atoms with E-state index in [1.54, 1.807) is 19.1 Å². The van der Waals surface area contributed by atoms with Crippen LogP contribution >= 0.6 is 11.6 Å². The Hall–Kier alpha value is -1.68. The zero-order valence-electron chi connectivity index (χ0n) is 10.3. The Morgan fingerprint density at radius 1 is 1.56 bits per heavy atom. The molecule has 0 unspecified atom stereocenters. The Labute approximate surface area is 111 Å². The highest BCUT2D eigenvalue weighted by atomic mass is 35.5. The molecule has 0 saturated heterocycles. The molecule has 96 valence electrons. The molecular formula is C13H14ClFN2O. The molecule has 0 aliphatic rings. The first-order valence-corrected chi connectivity index (χ1v) is 5.79. The molecule has 5 heteroatoms. The topological polar surface area (TPSA) is 35.0 Å². The van der Waals surface area contributed by atoms with Gasteiger partial charge in [0.2, 0.25) is 0 Å². The van der Waals surface area contributed by atoms with Crippen molar-refractivity contribution in [2.75, 3.05) is 6.61 Å². The summed E-state index contributed by atoms with van der Waals surface area (Å²) in [5, 5.41) is 0.280. The second-order valence-electron chi connectivity index (χ2n) is 3.32. The second kappa shape index (κ2) is 6.91. The average Bonchev–Trinajstić information content (AvgIpc) is 2.33. The van der Waals surface area contributed by atoms with Crippen molar-refractivity contribution >= 4 is 17.2 Å². The molecule has 1 aromatic rings. The van der Waals surface area contributed by atoms with E-state index in [0.29, 0.717) is 23.6 Å². The molecule has 0 spiro atoms. The molecule has 0 bridgehead atoms. The van der Waals surface area contributed by atoms with Crippen LogP contribution in [0.3, 0.4) is 0 Å². The van der Waals surface area contributed by atoms with E-state index >= 15 is 0 Å². The van der Waals surface area contributed by atoms with Crippen molar-refractivity contribution in [3.05, 3.63) is 53.6 Å². The molecule has 0 amide bonds. The van der Waals surface area contributed by atoms with Crippen molar-refractivity contribution in [2.24, 2.45) is 0 Å². The molecule has 0 atom stereocenters. The molecule has 0 N–H and O–H groups in total. The van der Waals surface area contributed by atoms with Gasteiger partial charge in [-0.25, -0.2) is 14.4 Å². The van der Waals surface area contributed by atoms with Gasteiger partial charge < -0.3 is 4.74 Å². The molecule has 0 saturated carbocycles. The first kappa shape index (κ1) is 14.4. The summed E-state index contributed by atoms with van der Waals surface area (Å²) in [5.74, 6) is -0.0649. The van der Waals surface area contributed by atoms with E-state index in [1.165, 1.54) is 12.4 Å².